The van der Waals surface area contributed by atoms with E-state index in [9.17, 15) is 4.79 Å². The van der Waals surface area contributed by atoms with Gasteiger partial charge in [-0.1, -0.05) is 24.3 Å². The maximum Gasteiger partial charge on any atom is 0.227 e. The number of likely N-dealkylation sites (tertiary alicyclic amines) is 1. The van der Waals surface area contributed by atoms with Gasteiger partial charge in [-0.05, 0) is 37.3 Å². The molecule has 1 amide bonds. The third-order valence-corrected chi connectivity index (χ3v) is 4.33. The van der Waals surface area contributed by atoms with Crippen molar-refractivity contribution in [1.82, 2.24) is 14.9 Å². The van der Waals surface area contributed by atoms with Crippen LogP contribution >= 0.6 is 0 Å². The third kappa shape index (κ3) is 3.32. The van der Waals surface area contributed by atoms with Crippen LogP contribution in [0.4, 0.5) is 0 Å². The van der Waals surface area contributed by atoms with E-state index in [-0.39, 0.29) is 5.91 Å². The molecule has 3 rings (SSSR count). The highest BCUT2D eigenvalue weighted by molar-refractivity contribution is 5.79. The standard InChI is InChI=1S/C18H21N3O/c1-14-4-2-3-9-21(14)18(22)10-15-5-7-16(8-6-15)17-11-19-13-20-12-17/h5-8,11-14H,2-4,9-10H2,1H3/t14-/m0/s1. The largest absolute Gasteiger partial charge is 0.340 e. The van der Waals surface area contributed by atoms with E-state index in [1.54, 1.807) is 12.4 Å². The maximum absolute atomic E-state index is 12.4. The van der Waals surface area contributed by atoms with Crippen LogP contribution in [0.1, 0.15) is 31.7 Å². The molecule has 1 atom stereocenters. The fraction of sp³-hybridized carbons (Fsp3) is 0.389. The molecular weight excluding hydrogens is 274 g/mol. The Morgan fingerprint density at radius 1 is 1.14 bits per heavy atom. The Labute approximate surface area is 131 Å². The molecule has 0 spiro atoms. The quantitative estimate of drug-likeness (QED) is 0.874. The van der Waals surface area contributed by atoms with Crippen LogP contribution < -0.4 is 0 Å². The van der Waals surface area contributed by atoms with Gasteiger partial charge in [0.25, 0.3) is 0 Å². The van der Waals surface area contributed by atoms with Crippen molar-refractivity contribution in [2.24, 2.45) is 0 Å². The summed E-state index contributed by atoms with van der Waals surface area (Å²) in [4.78, 5) is 22.5. The molecule has 114 valence electrons. The van der Waals surface area contributed by atoms with Crippen LogP contribution in [-0.4, -0.2) is 33.4 Å². The second-order valence-electron chi connectivity index (χ2n) is 5.93. The van der Waals surface area contributed by atoms with E-state index in [0.717, 1.165) is 36.1 Å². The zero-order chi connectivity index (χ0) is 15.4. The highest BCUT2D eigenvalue weighted by Crippen LogP contribution is 2.20. The molecule has 4 nitrogen and oxygen atoms in total. The summed E-state index contributed by atoms with van der Waals surface area (Å²) in [5.74, 6) is 0.239. The van der Waals surface area contributed by atoms with Crippen molar-refractivity contribution in [1.29, 1.82) is 0 Å². The van der Waals surface area contributed by atoms with Crippen molar-refractivity contribution >= 4 is 5.91 Å². The summed E-state index contributed by atoms with van der Waals surface area (Å²) in [7, 11) is 0. The molecule has 1 aliphatic rings. The minimum absolute atomic E-state index is 0.239. The summed E-state index contributed by atoms with van der Waals surface area (Å²) in [5.41, 5.74) is 3.12. The number of hydrogen-bond acceptors (Lipinski definition) is 3. The number of aromatic nitrogens is 2. The molecule has 1 saturated heterocycles. The summed E-state index contributed by atoms with van der Waals surface area (Å²) >= 11 is 0. The summed E-state index contributed by atoms with van der Waals surface area (Å²) in [6.07, 6.45) is 9.08. The molecule has 22 heavy (non-hydrogen) atoms. The zero-order valence-corrected chi connectivity index (χ0v) is 12.9. The van der Waals surface area contributed by atoms with Gasteiger partial charge in [-0.2, -0.15) is 0 Å². The number of nitrogens with zero attached hydrogens (tertiary/aromatic N) is 3. The van der Waals surface area contributed by atoms with Gasteiger partial charge in [0.1, 0.15) is 6.33 Å². The molecule has 1 aliphatic heterocycles. The molecule has 1 aromatic carbocycles. The van der Waals surface area contributed by atoms with E-state index in [2.05, 4.69) is 16.9 Å². The van der Waals surface area contributed by atoms with Crippen LogP contribution in [0.15, 0.2) is 43.0 Å². The second kappa shape index (κ2) is 6.69. The fourth-order valence-electron chi connectivity index (χ4n) is 3.01. The molecule has 0 aliphatic carbocycles. The number of rotatable bonds is 3. The summed E-state index contributed by atoms with van der Waals surface area (Å²) in [5, 5.41) is 0. The smallest absolute Gasteiger partial charge is 0.227 e. The molecule has 1 aromatic heterocycles. The Balaban J connectivity index is 1.67. The first-order valence-electron chi connectivity index (χ1n) is 7.88. The Kier molecular flexibility index (Phi) is 4.47. The van der Waals surface area contributed by atoms with Gasteiger partial charge >= 0.3 is 0 Å². The monoisotopic (exact) mass is 295 g/mol. The number of benzene rings is 1. The minimum Gasteiger partial charge on any atom is -0.340 e. The first-order chi connectivity index (χ1) is 10.7. The molecular formula is C18H21N3O. The lowest BCUT2D eigenvalue weighted by molar-refractivity contribution is -0.133. The average molecular weight is 295 g/mol. The van der Waals surface area contributed by atoms with E-state index in [4.69, 9.17) is 0 Å². The minimum atomic E-state index is 0.239. The van der Waals surface area contributed by atoms with Crippen molar-refractivity contribution < 1.29 is 4.79 Å². The Hall–Kier alpha value is -2.23. The second-order valence-corrected chi connectivity index (χ2v) is 5.93. The predicted octanol–water partition coefficient (Wildman–Crippen LogP) is 3.09. The lowest BCUT2D eigenvalue weighted by Gasteiger charge is -2.33. The number of piperidine rings is 1. The Bertz CT molecular complexity index is 625. The topological polar surface area (TPSA) is 46.1 Å². The predicted molar refractivity (Wildman–Crippen MR) is 86.2 cm³/mol. The van der Waals surface area contributed by atoms with Crippen molar-refractivity contribution in [3.05, 3.63) is 48.5 Å². The lowest BCUT2D eigenvalue weighted by Crippen LogP contribution is -2.42. The molecule has 0 radical (unpaired) electrons. The summed E-state index contributed by atoms with van der Waals surface area (Å²) < 4.78 is 0. The first kappa shape index (κ1) is 14.7. The van der Waals surface area contributed by atoms with Crippen LogP contribution in [0.2, 0.25) is 0 Å². The molecule has 0 unspecified atom stereocenters. The molecule has 2 aromatic rings. The van der Waals surface area contributed by atoms with Gasteiger partial charge in [-0.25, -0.2) is 9.97 Å². The summed E-state index contributed by atoms with van der Waals surface area (Å²) in [6, 6.07) is 8.48. The van der Waals surface area contributed by atoms with Crippen molar-refractivity contribution in [3.63, 3.8) is 0 Å². The van der Waals surface area contributed by atoms with Gasteiger partial charge in [0.15, 0.2) is 0 Å². The maximum atomic E-state index is 12.4. The van der Waals surface area contributed by atoms with Gasteiger partial charge in [0.05, 0.1) is 6.42 Å². The molecule has 0 bridgehead atoms. The van der Waals surface area contributed by atoms with Crippen molar-refractivity contribution in [3.8, 4) is 11.1 Å². The SMILES string of the molecule is C[C@H]1CCCCN1C(=O)Cc1ccc(-c2cncnc2)cc1. The number of carbonyl (C=O) groups is 1. The first-order valence-corrected chi connectivity index (χ1v) is 7.88. The lowest BCUT2D eigenvalue weighted by atomic mass is 10.0. The highest BCUT2D eigenvalue weighted by Gasteiger charge is 2.22. The van der Waals surface area contributed by atoms with Gasteiger partial charge < -0.3 is 4.90 Å². The van der Waals surface area contributed by atoms with E-state index < -0.39 is 0 Å². The summed E-state index contributed by atoms with van der Waals surface area (Å²) in [6.45, 7) is 3.05. The van der Waals surface area contributed by atoms with E-state index in [0.29, 0.717) is 12.5 Å². The van der Waals surface area contributed by atoms with Crippen molar-refractivity contribution in [2.45, 2.75) is 38.6 Å². The van der Waals surface area contributed by atoms with Crippen LogP contribution in [0.25, 0.3) is 11.1 Å². The van der Waals surface area contributed by atoms with E-state index in [1.165, 1.54) is 12.7 Å². The third-order valence-electron chi connectivity index (χ3n) is 4.33. The zero-order valence-electron chi connectivity index (χ0n) is 12.9. The van der Waals surface area contributed by atoms with Crippen LogP contribution in [0, 0.1) is 0 Å². The number of amides is 1. The van der Waals surface area contributed by atoms with Gasteiger partial charge in [0, 0.05) is 30.5 Å². The Morgan fingerprint density at radius 3 is 2.55 bits per heavy atom. The molecule has 0 N–H and O–H groups in total. The number of hydrogen-bond donors (Lipinski definition) is 0. The van der Waals surface area contributed by atoms with Gasteiger partial charge in [-0.3, -0.25) is 4.79 Å². The highest BCUT2D eigenvalue weighted by atomic mass is 16.2. The molecule has 4 heteroatoms. The van der Waals surface area contributed by atoms with Crippen LogP contribution in [0.5, 0.6) is 0 Å². The fourth-order valence-corrected chi connectivity index (χ4v) is 3.01. The molecule has 1 fully saturated rings. The number of carbonyl (C=O) groups excluding carboxylic acids is 1. The molecule has 0 saturated carbocycles. The Morgan fingerprint density at radius 2 is 1.86 bits per heavy atom. The van der Waals surface area contributed by atoms with Crippen LogP contribution in [-0.2, 0) is 11.2 Å². The van der Waals surface area contributed by atoms with Gasteiger partial charge in [-0.15, -0.1) is 0 Å². The van der Waals surface area contributed by atoms with E-state index >= 15 is 0 Å². The van der Waals surface area contributed by atoms with E-state index in [1.807, 2.05) is 29.2 Å². The normalized spacial score (nSPS) is 18.2. The van der Waals surface area contributed by atoms with Crippen molar-refractivity contribution in [2.75, 3.05) is 6.54 Å². The van der Waals surface area contributed by atoms with Crippen LogP contribution in [0.3, 0.4) is 0 Å². The molecule has 2 heterocycles. The average Bonchev–Trinajstić information content (AvgIpc) is 2.57. The van der Waals surface area contributed by atoms with Gasteiger partial charge in [0.2, 0.25) is 5.91 Å².